The van der Waals surface area contributed by atoms with Gasteiger partial charge >= 0.3 is 0 Å². The SMILES string of the molecule is CCOC1(C(NN)c2ccncc2F)CCCC1. The van der Waals surface area contributed by atoms with Crippen LogP contribution in [0.25, 0.3) is 0 Å². The number of nitrogens with two attached hydrogens (primary N) is 1. The molecule has 1 aliphatic carbocycles. The summed E-state index contributed by atoms with van der Waals surface area (Å²) in [5, 5.41) is 0. The van der Waals surface area contributed by atoms with Gasteiger partial charge in [-0.05, 0) is 25.8 Å². The first-order valence-electron chi connectivity index (χ1n) is 6.43. The van der Waals surface area contributed by atoms with Crippen molar-refractivity contribution in [3.8, 4) is 0 Å². The van der Waals surface area contributed by atoms with Crippen molar-refractivity contribution in [3.63, 3.8) is 0 Å². The highest BCUT2D eigenvalue weighted by Crippen LogP contribution is 2.43. The van der Waals surface area contributed by atoms with Crippen LogP contribution in [0.5, 0.6) is 0 Å². The predicted molar refractivity (Wildman–Crippen MR) is 67.1 cm³/mol. The molecule has 1 atom stereocenters. The number of nitrogens with zero attached hydrogens (tertiary/aromatic N) is 1. The number of hydrazine groups is 1. The molecule has 0 spiro atoms. The van der Waals surface area contributed by atoms with Gasteiger partial charge < -0.3 is 4.74 Å². The van der Waals surface area contributed by atoms with Crippen molar-refractivity contribution in [1.82, 2.24) is 10.4 Å². The fourth-order valence-electron chi connectivity index (χ4n) is 2.92. The molecule has 0 radical (unpaired) electrons. The molecule has 0 amide bonds. The van der Waals surface area contributed by atoms with Gasteiger partial charge in [-0.2, -0.15) is 0 Å². The van der Waals surface area contributed by atoms with E-state index in [1.165, 1.54) is 6.20 Å². The first kappa shape index (κ1) is 13.4. The highest BCUT2D eigenvalue weighted by atomic mass is 19.1. The minimum Gasteiger partial charge on any atom is -0.373 e. The Labute approximate surface area is 107 Å². The zero-order chi connectivity index (χ0) is 13.0. The minimum atomic E-state index is -0.397. The molecule has 1 aromatic rings. The lowest BCUT2D eigenvalue weighted by Gasteiger charge is -2.37. The Morgan fingerprint density at radius 2 is 2.28 bits per heavy atom. The number of rotatable bonds is 5. The van der Waals surface area contributed by atoms with E-state index in [9.17, 15) is 4.39 Å². The smallest absolute Gasteiger partial charge is 0.146 e. The van der Waals surface area contributed by atoms with Gasteiger partial charge in [0.2, 0.25) is 0 Å². The molecule has 1 heterocycles. The standard InChI is InChI=1S/C13H20FN3O/c1-2-18-13(6-3-4-7-13)12(17-15)10-5-8-16-9-11(10)14/h5,8-9,12,17H,2-4,6-7,15H2,1H3. The number of halogens is 1. The van der Waals surface area contributed by atoms with Crippen molar-refractivity contribution in [1.29, 1.82) is 0 Å². The normalized spacial score (nSPS) is 19.9. The molecule has 0 aromatic carbocycles. The van der Waals surface area contributed by atoms with E-state index in [-0.39, 0.29) is 11.9 Å². The van der Waals surface area contributed by atoms with Crippen LogP contribution in [0, 0.1) is 5.82 Å². The summed E-state index contributed by atoms with van der Waals surface area (Å²) < 4.78 is 19.8. The number of pyridine rings is 1. The van der Waals surface area contributed by atoms with Crippen LogP contribution in [0.2, 0.25) is 0 Å². The van der Waals surface area contributed by atoms with E-state index in [0.717, 1.165) is 25.7 Å². The summed E-state index contributed by atoms with van der Waals surface area (Å²) in [6.45, 7) is 2.56. The van der Waals surface area contributed by atoms with Gasteiger partial charge in [0.05, 0.1) is 17.8 Å². The van der Waals surface area contributed by atoms with Gasteiger partial charge in [-0.1, -0.05) is 12.8 Å². The van der Waals surface area contributed by atoms with Crippen LogP contribution in [0.3, 0.4) is 0 Å². The highest BCUT2D eigenvalue weighted by Gasteiger charge is 2.43. The van der Waals surface area contributed by atoms with Crippen LogP contribution >= 0.6 is 0 Å². The first-order chi connectivity index (χ1) is 8.73. The van der Waals surface area contributed by atoms with Crippen LogP contribution in [0.4, 0.5) is 4.39 Å². The van der Waals surface area contributed by atoms with Crippen molar-refractivity contribution in [2.75, 3.05) is 6.61 Å². The molecule has 1 aliphatic rings. The van der Waals surface area contributed by atoms with Gasteiger partial charge in [0.1, 0.15) is 5.82 Å². The third-order valence-corrected chi connectivity index (χ3v) is 3.69. The molecule has 4 nitrogen and oxygen atoms in total. The summed E-state index contributed by atoms with van der Waals surface area (Å²) in [6, 6.07) is 1.34. The molecule has 0 saturated heterocycles. The second kappa shape index (κ2) is 5.73. The number of hydrogen-bond donors (Lipinski definition) is 2. The maximum Gasteiger partial charge on any atom is 0.146 e. The molecule has 2 rings (SSSR count). The van der Waals surface area contributed by atoms with Gasteiger partial charge in [-0.25, -0.2) is 9.82 Å². The molecule has 100 valence electrons. The average molecular weight is 253 g/mol. The van der Waals surface area contributed by atoms with E-state index in [1.54, 1.807) is 12.3 Å². The first-order valence-corrected chi connectivity index (χ1v) is 6.43. The lowest BCUT2D eigenvalue weighted by atomic mass is 9.87. The Kier molecular flexibility index (Phi) is 4.27. The molecule has 18 heavy (non-hydrogen) atoms. The Hall–Kier alpha value is -1.04. The van der Waals surface area contributed by atoms with Crippen molar-refractivity contribution >= 4 is 0 Å². The summed E-state index contributed by atoms with van der Waals surface area (Å²) in [6.07, 6.45) is 6.77. The Bertz CT molecular complexity index is 394. The fourth-order valence-corrected chi connectivity index (χ4v) is 2.92. The zero-order valence-electron chi connectivity index (χ0n) is 10.7. The minimum absolute atomic E-state index is 0.331. The molecule has 1 fully saturated rings. The quantitative estimate of drug-likeness (QED) is 0.623. The second-order valence-corrected chi connectivity index (χ2v) is 4.70. The molecule has 1 saturated carbocycles. The zero-order valence-corrected chi connectivity index (χ0v) is 10.7. The average Bonchev–Trinajstić information content (AvgIpc) is 2.82. The van der Waals surface area contributed by atoms with Crippen LogP contribution in [0.1, 0.15) is 44.2 Å². The van der Waals surface area contributed by atoms with E-state index < -0.39 is 5.60 Å². The third-order valence-electron chi connectivity index (χ3n) is 3.69. The van der Waals surface area contributed by atoms with Crippen LogP contribution in [0.15, 0.2) is 18.5 Å². The molecule has 0 aliphatic heterocycles. The summed E-state index contributed by atoms with van der Waals surface area (Å²) >= 11 is 0. The number of aromatic nitrogens is 1. The summed E-state index contributed by atoms with van der Waals surface area (Å²) in [5.41, 5.74) is 2.87. The number of nitrogens with one attached hydrogen (secondary N) is 1. The van der Waals surface area contributed by atoms with E-state index >= 15 is 0 Å². The van der Waals surface area contributed by atoms with Crippen molar-refractivity contribution in [2.24, 2.45) is 5.84 Å². The topological polar surface area (TPSA) is 60.2 Å². The van der Waals surface area contributed by atoms with Crippen molar-refractivity contribution in [2.45, 2.75) is 44.2 Å². The molecule has 3 N–H and O–H groups in total. The third kappa shape index (κ3) is 2.39. The largest absolute Gasteiger partial charge is 0.373 e. The molecule has 5 heteroatoms. The van der Waals surface area contributed by atoms with Gasteiger partial charge in [0.15, 0.2) is 0 Å². The molecule has 0 bridgehead atoms. The Morgan fingerprint density at radius 1 is 1.56 bits per heavy atom. The number of hydrogen-bond acceptors (Lipinski definition) is 4. The lowest BCUT2D eigenvalue weighted by Crippen LogP contribution is -2.47. The molecule has 1 aromatic heterocycles. The highest BCUT2D eigenvalue weighted by molar-refractivity contribution is 5.22. The summed E-state index contributed by atoms with van der Waals surface area (Å²) in [4.78, 5) is 3.77. The summed E-state index contributed by atoms with van der Waals surface area (Å²) in [5.74, 6) is 5.31. The maximum absolute atomic E-state index is 13.9. The second-order valence-electron chi connectivity index (χ2n) is 4.70. The van der Waals surface area contributed by atoms with Crippen LogP contribution in [-0.4, -0.2) is 17.2 Å². The van der Waals surface area contributed by atoms with Gasteiger partial charge in [0, 0.05) is 18.4 Å². The van der Waals surface area contributed by atoms with Gasteiger partial charge in [-0.15, -0.1) is 0 Å². The van der Waals surface area contributed by atoms with Crippen molar-refractivity contribution < 1.29 is 9.13 Å². The molecular formula is C13H20FN3O. The Morgan fingerprint density at radius 3 is 2.83 bits per heavy atom. The van der Waals surface area contributed by atoms with Crippen LogP contribution in [-0.2, 0) is 4.74 Å². The lowest BCUT2D eigenvalue weighted by molar-refractivity contribution is -0.0634. The summed E-state index contributed by atoms with van der Waals surface area (Å²) in [7, 11) is 0. The number of ether oxygens (including phenoxy) is 1. The predicted octanol–water partition coefficient (Wildman–Crippen LogP) is 2.07. The van der Waals surface area contributed by atoms with E-state index in [1.807, 2.05) is 6.92 Å². The van der Waals surface area contributed by atoms with Crippen molar-refractivity contribution in [3.05, 3.63) is 29.8 Å². The van der Waals surface area contributed by atoms with E-state index in [4.69, 9.17) is 10.6 Å². The van der Waals surface area contributed by atoms with Gasteiger partial charge in [-0.3, -0.25) is 10.8 Å². The molecule has 1 unspecified atom stereocenters. The maximum atomic E-state index is 13.9. The van der Waals surface area contributed by atoms with E-state index in [0.29, 0.717) is 12.2 Å². The van der Waals surface area contributed by atoms with E-state index in [2.05, 4.69) is 10.4 Å². The molecular weight excluding hydrogens is 233 g/mol. The fraction of sp³-hybridized carbons (Fsp3) is 0.615. The monoisotopic (exact) mass is 253 g/mol. The van der Waals surface area contributed by atoms with Gasteiger partial charge in [0.25, 0.3) is 0 Å². The van der Waals surface area contributed by atoms with Crippen LogP contribution < -0.4 is 11.3 Å². The Balaban J connectivity index is 2.34.